The SMILES string of the molecule is CCOC(=O)CN1CCN(CC2CNC(=O)O2)CC1. The van der Waals surface area contributed by atoms with E-state index in [4.69, 9.17) is 9.47 Å². The van der Waals surface area contributed by atoms with Crippen LogP contribution in [-0.4, -0.2) is 80.4 Å². The van der Waals surface area contributed by atoms with E-state index in [9.17, 15) is 9.59 Å². The quantitative estimate of drug-likeness (QED) is 0.665. The van der Waals surface area contributed by atoms with Gasteiger partial charge >= 0.3 is 12.1 Å². The molecule has 0 bridgehead atoms. The first-order valence-electron chi connectivity index (χ1n) is 6.72. The lowest BCUT2D eigenvalue weighted by Gasteiger charge is -2.34. The van der Waals surface area contributed by atoms with Crippen molar-refractivity contribution in [2.45, 2.75) is 13.0 Å². The van der Waals surface area contributed by atoms with Crippen molar-refractivity contribution in [2.24, 2.45) is 0 Å². The van der Waals surface area contributed by atoms with Gasteiger partial charge in [0.2, 0.25) is 0 Å². The third-order valence-electron chi connectivity index (χ3n) is 3.33. The molecule has 1 amide bonds. The molecule has 7 heteroatoms. The highest BCUT2D eigenvalue weighted by Gasteiger charge is 2.27. The second kappa shape index (κ2) is 6.72. The maximum Gasteiger partial charge on any atom is 0.407 e. The van der Waals surface area contributed by atoms with E-state index in [-0.39, 0.29) is 18.2 Å². The summed E-state index contributed by atoms with van der Waals surface area (Å²) in [6, 6.07) is 0. The van der Waals surface area contributed by atoms with Gasteiger partial charge in [0.05, 0.1) is 19.7 Å². The number of hydrogen-bond acceptors (Lipinski definition) is 6. The minimum absolute atomic E-state index is 0.0518. The molecule has 0 radical (unpaired) electrons. The minimum atomic E-state index is -0.328. The molecular weight excluding hydrogens is 250 g/mol. The van der Waals surface area contributed by atoms with Gasteiger partial charge in [0, 0.05) is 32.7 Å². The lowest BCUT2D eigenvalue weighted by atomic mass is 10.2. The van der Waals surface area contributed by atoms with Gasteiger partial charge in [-0.15, -0.1) is 0 Å². The first-order valence-corrected chi connectivity index (χ1v) is 6.72. The molecule has 2 saturated heterocycles. The van der Waals surface area contributed by atoms with Gasteiger partial charge in [-0.05, 0) is 6.92 Å². The van der Waals surface area contributed by atoms with Gasteiger partial charge in [-0.2, -0.15) is 0 Å². The molecule has 1 N–H and O–H groups in total. The molecule has 0 spiro atoms. The van der Waals surface area contributed by atoms with E-state index in [0.717, 1.165) is 32.7 Å². The van der Waals surface area contributed by atoms with Crippen LogP contribution in [0.1, 0.15) is 6.92 Å². The number of hydrogen-bond donors (Lipinski definition) is 1. The Morgan fingerprint density at radius 2 is 2.05 bits per heavy atom. The number of alkyl carbamates (subject to hydrolysis) is 1. The van der Waals surface area contributed by atoms with Gasteiger partial charge in [0.15, 0.2) is 0 Å². The molecule has 19 heavy (non-hydrogen) atoms. The number of piperazine rings is 1. The average molecular weight is 271 g/mol. The van der Waals surface area contributed by atoms with Crippen LogP contribution < -0.4 is 5.32 Å². The van der Waals surface area contributed by atoms with Crippen LogP contribution in [0, 0.1) is 0 Å². The largest absolute Gasteiger partial charge is 0.465 e. The molecule has 2 fully saturated rings. The molecule has 108 valence electrons. The predicted octanol–water partition coefficient (Wildman–Crippen LogP) is -0.724. The van der Waals surface area contributed by atoms with E-state index in [2.05, 4.69) is 15.1 Å². The highest BCUT2D eigenvalue weighted by molar-refractivity contribution is 5.71. The number of amides is 1. The second-order valence-corrected chi connectivity index (χ2v) is 4.79. The molecular formula is C12H21N3O4. The maximum atomic E-state index is 11.4. The Labute approximate surface area is 112 Å². The Kier molecular flexibility index (Phi) is 4.98. The fourth-order valence-electron chi connectivity index (χ4n) is 2.34. The molecule has 0 aromatic rings. The van der Waals surface area contributed by atoms with Crippen LogP contribution in [0.15, 0.2) is 0 Å². The Morgan fingerprint density at radius 3 is 2.63 bits per heavy atom. The third-order valence-corrected chi connectivity index (χ3v) is 3.33. The van der Waals surface area contributed by atoms with Crippen molar-refractivity contribution in [2.75, 3.05) is 52.4 Å². The molecule has 0 aromatic carbocycles. The Balaban J connectivity index is 1.65. The van der Waals surface area contributed by atoms with Crippen LogP contribution in [0.5, 0.6) is 0 Å². The first-order chi connectivity index (χ1) is 9.17. The number of nitrogens with zero attached hydrogens (tertiary/aromatic N) is 2. The van der Waals surface area contributed by atoms with Crippen molar-refractivity contribution >= 4 is 12.1 Å². The lowest BCUT2D eigenvalue weighted by molar-refractivity contribution is -0.144. The Bertz CT molecular complexity index is 329. The molecule has 0 aromatic heterocycles. The van der Waals surface area contributed by atoms with Gasteiger partial charge < -0.3 is 14.8 Å². The zero-order chi connectivity index (χ0) is 13.7. The predicted molar refractivity (Wildman–Crippen MR) is 67.8 cm³/mol. The summed E-state index contributed by atoms with van der Waals surface area (Å²) in [5.41, 5.74) is 0. The van der Waals surface area contributed by atoms with Crippen LogP contribution in [0.2, 0.25) is 0 Å². The molecule has 2 heterocycles. The normalized spacial score (nSPS) is 24.9. The number of nitrogens with one attached hydrogen (secondary N) is 1. The summed E-state index contributed by atoms with van der Waals surface area (Å²) in [5, 5.41) is 2.65. The van der Waals surface area contributed by atoms with Crippen LogP contribution in [0.3, 0.4) is 0 Å². The van der Waals surface area contributed by atoms with E-state index < -0.39 is 0 Å². The molecule has 2 aliphatic heterocycles. The van der Waals surface area contributed by atoms with Crippen molar-refractivity contribution < 1.29 is 19.1 Å². The fraction of sp³-hybridized carbons (Fsp3) is 0.833. The van der Waals surface area contributed by atoms with E-state index >= 15 is 0 Å². The molecule has 7 nitrogen and oxygen atoms in total. The summed E-state index contributed by atoms with van der Waals surface area (Å²) in [6.45, 7) is 7.39. The zero-order valence-electron chi connectivity index (χ0n) is 11.3. The van der Waals surface area contributed by atoms with E-state index in [1.807, 2.05) is 6.92 Å². The van der Waals surface area contributed by atoms with Crippen molar-refractivity contribution in [3.8, 4) is 0 Å². The standard InChI is InChI=1S/C12H21N3O4/c1-2-18-11(16)9-15-5-3-14(4-6-15)8-10-7-13-12(17)19-10/h10H,2-9H2,1H3,(H,13,17). The topological polar surface area (TPSA) is 71.1 Å². The molecule has 0 saturated carbocycles. The number of ether oxygens (including phenoxy) is 2. The molecule has 1 unspecified atom stereocenters. The van der Waals surface area contributed by atoms with Gasteiger partial charge in [-0.3, -0.25) is 14.6 Å². The van der Waals surface area contributed by atoms with Crippen LogP contribution >= 0.6 is 0 Å². The second-order valence-electron chi connectivity index (χ2n) is 4.79. The van der Waals surface area contributed by atoms with Gasteiger partial charge in [-0.1, -0.05) is 0 Å². The monoisotopic (exact) mass is 271 g/mol. The summed E-state index contributed by atoms with van der Waals surface area (Å²) in [4.78, 5) is 26.6. The highest BCUT2D eigenvalue weighted by Crippen LogP contribution is 2.07. The van der Waals surface area contributed by atoms with E-state index in [0.29, 0.717) is 19.7 Å². The van der Waals surface area contributed by atoms with E-state index in [1.165, 1.54) is 0 Å². The van der Waals surface area contributed by atoms with Crippen molar-refractivity contribution in [1.29, 1.82) is 0 Å². The molecule has 2 aliphatic rings. The average Bonchev–Trinajstić information content (AvgIpc) is 2.78. The number of esters is 1. The maximum absolute atomic E-state index is 11.4. The molecule has 0 aliphatic carbocycles. The summed E-state index contributed by atoms with van der Waals surface area (Å²) in [5.74, 6) is -0.162. The number of rotatable bonds is 5. The summed E-state index contributed by atoms with van der Waals surface area (Å²) >= 11 is 0. The minimum Gasteiger partial charge on any atom is -0.465 e. The van der Waals surface area contributed by atoms with Gasteiger partial charge in [0.1, 0.15) is 6.10 Å². The third kappa shape index (κ3) is 4.36. The lowest BCUT2D eigenvalue weighted by Crippen LogP contribution is -2.50. The van der Waals surface area contributed by atoms with Crippen LogP contribution in [0.25, 0.3) is 0 Å². The number of cyclic esters (lactones) is 1. The highest BCUT2D eigenvalue weighted by atomic mass is 16.6. The van der Waals surface area contributed by atoms with E-state index in [1.54, 1.807) is 0 Å². The molecule has 1 atom stereocenters. The van der Waals surface area contributed by atoms with Gasteiger partial charge in [-0.25, -0.2) is 4.79 Å². The Hall–Kier alpha value is -1.34. The first kappa shape index (κ1) is 14.1. The van der Waals surface area contributed by atoms with Crippen LogP contribution in [-0.2, 0) is 14.3 Å². The fourth-order valence-corrected chi connectivity index (χ4v) is 2.34. The van der Waals surface area contributed by atoms with Crippen molar-refractivity contribution in [3.05, 3.63) is 0 Å². The Morgan fingerprint density at radius 1 is 1.37 bits per heavy atom. The van der Waals surface area contributed by atoms with Crippen LogP contribution in [0.4, 0.5) is 4.79 Å². The summed E-state index contributed by atoms with van der Waals surface area (Å²) in [6.07, 6.45) is -0.380. The van der Waals surface area contributed by atoms with Crippen molar-refractivity contribution in [1.82, 2.24) is 15.1 Å². The van der Waals surface area contributed by atoms with Crippen molar-refractivity contribution in [3.63, 3.8) is 0 Å². The number of carbonyl (C=O) groups excluding carboxylic acids is 2. The summed E-state index contributed by atoms with van der Waals surface area (Å²) in [7, 11) is 0. The smallest absolute Gasteiger partial charge is 0.407 e. The summed E-state index contributed by atoms with van der Waals surface area (Å²) < 4.78 is 10.0. The number of carbonyl (C=O) groups is 2. The molecule has 2 rings (SSSR count). The zero-order valence-corrected chi connectivity index (χ0v) is 11.3. The van der Waals surface area contributed by atoms with Gasteiger partial charge in [0.25, 0.3) is 0 Å².